The van der Waals surface area contributed by atoms with Gasteiger partial charge in [0.05, 0.1) is 6.10 Å². The van der Waals surface area contributed by atoms with Gasteiger partial charge >= 0.3 is 0 Å². The first-order valence-electron chi connectivity index (χ1n) is 10.5. The lowest BCUT2D eigenvalue weighted by atomic mass is 10.1. The fourth-order valence-electron chi connectivity index (χ4n) is 3.69. The van der Waals surface area contributed by atoms with Crippen LogP contribution in [0.2, 0.25) is 0 Å². The minimum Gasteiger partial charge on any atom is -0.376 e. The minimum absolute atomic E-state index is 0. The zero-order chi connectivity index (χ0) is 21.5. The number of rotatable bonds is 6. The van der Waals surface area contributed by atoms with Crippen molar-refractivity contribution in [1.29, 1.82) is 0 Å². The quantitative estimate of drug-likeness (QED) is 0.323. The summed E-state index contributed by atoms with van der Waals surface area (Å²) in [6.45, 7) is 2.36. The molecule has 174 valence electrons. The number of amides is 1. The van der Waals surface area contributed by atoms with Crippen LogP contribution in [0, 0.1) is 11.6 Å². The fraction of sp³-hybridized carbons (Fsp3) is 0.619. The first kappa shape index (κ1) is 25.6. The van der Waals surface area contributed by atoms with Crippen molar-refractivity contribution in [2.24, 2.45) is 4.99 Å². The Balaban J connectivity index is 0.00000341. The van der Waals surface area contributed by atoms with Crippen LogP contribution in [0.15, 0.2) is 23.2 Å². The summed E-state index contributed by atoms with van der Waals surface area (Å²) in [6, 6.07) is 3.86. The Morgan fingerprint density at radius 1 is 1.26 bits per heavy atom. The average Bonchev–Trinajstić information content (AvgIpc) is 3.18. The van der Waals surface area contributed by atoms with Crippen LogP contribution in [-0.2, 0) is 9.53 Å². The molecule has 2 unspecified atom stereocenters. The van der Waals surface area contributed by atoms with E-state index in [1.807, 2.05) is 0 Å². The highest BCUT2D eigenvalue weighted by molar-refractivity contribution is 14.0. The molecule has 0 radical (unpaired) electrons. The monoisotopic (exact) mass is 551 g/mol. The van der Waals surface area contributed by atoms with Gasteiger partial charge in [-0.2, -0.15) is 0 Å². The number of benzene rings is 1. The van der Waals surface area contributed by atoms with Gasteiger partial charge < -0.3 is 25.2 Å². The van der Waals surface area contributed by atoms with Crippen LogP contribution in [0.25, 0.3) is 0 Å². The second-order valence-electron chi connectivity index (χ2n) is 7.97. The van der Waals surface area contributed by atoms with Gasteiger partial charge in [0.2, 0.25) is 5.91 Å². The van der Waals surface area contributed by atoms with E-state index in [4.69, 9.17) is 4.74 Å². The largest absolute Gasteiger partial charge is 0.376 e. The molecule has 10 heteroatoms. The normalized spacial score (nSPS) is 21.4. The van der Waals surface area contributed by atoms with Gasteiger partial charge in [-0.3, -0.25) is 4.79 Å². The number of hydrogen-bond acceptors (Lipinski definition) is 4. The Labute approximate surface area is 199 Å². The van der Waals surface area contributed by atoms with Crippen molar-refractivity contribution in [2.45, 2.75) is 37.8 Å². The van der Waals surface area contributed by atoms with Crippen LogP contribution in [0.4, 0.5) is 14.5 Å². The third-order valence-corrected chi connectivity index (χ3v) is 5.43. The van der Waals surface area contributed by atoms with Gasteiger partial charge in [-0.05, 0) is 37.8 Å². The van der Waals surface area contributed by atoms with Gasteiger partial charge in [0, 0.05) is 46.4 Å². The molecule has 1 aromatic carbocycles. The molecular weight excluding hydrogens is 519 g/mol. The average molecular weight is 551 g/mol. The van der Waals surface area contributed by atoms with E-state index in [1.54, 1.807) is 19.0 Å². The number of aliphatic imine (C=N–C) groups is 1. The van der Waals surface area contributed by atoms with E-state index >= 15 is 0 Å². The summed E-state index contributed by atoms with van der Waals surface area (Å²) in [5.74, 6) is -0.714. The molecule has 0 aromatic heterocycles. The van der Waals surface area contributed by atoms with Crippen LogP contribution >= 0.6 is 24.0 Å². The van der Waals surface area contributed by atoms with E-state index in [9.17, 15) is 13.6 Å². The summed E-state index contributed by atoms with van der Waals surface area (Å²) < 4.78 is 34.0. The summed E-state index contributed by atoms with van der Waals surface area (Å²) in [7, 11) is 3.37. The molecule has 3 rings (SSSR count). The number of ether oxygens (including phenoxy) is 1. The molecule has 2 atom stereocenters. The Morgan fingerprint density at radius 3 is 2.65 bits per heavy atom. The summed E-state index contributed by atoms with van der Waals surface area (Å²) in [6.07, 6.45) is 4.02. The number of carbonyl (C=O) groups is 1. The molecule has 2 saturated heterocycles. The van der Waals surface area contributed by atoms with Gasteiger partial charge in [0.1, 0.15) is 23.9 Å². The smallest absolute Gasteiger partial charge is 0.243 e. The summed E-state index contributed by atoms with van der Waals surface area (Å²) in [4.78, 5) is 19.5. The van der Waals surface area contributed by atoms with E-state index in [0.717, 1.165) is 25.9 Å². The SMILES string of the molecule is CN(C)C(=O)CN=C(NCC1CCCCO1)NC1CCN(c2c(F)cccc2F)C1.I. The Bertz CT molecular complexity index is 739. The second-order valence-corrected chi connectivity index (χ2v) is 7.97. The third-order valence-electron chi connectivity index (χ3n) is 5.43. The predicted octanol–water partition coefficient (Wildman–Crippen LogP) is 2.35. The Hall–Kier alpha value is -1.69. The number of carbonyl (C=O) groups excluding carboxylic acids is 1. The van der Waals surface area contributed by atoms with Crippen LogP contribution in [0.5, 0.6) is 0 Å². The molecule has 0 bridgehead atoms. The zero-order valence-corrected chi connectivity index (χ0v) is 20.4. The third kappa shape index (κ3) is 7.44. The molecule has 0 saturated carbocycles. The molecule has 0 aliphatic carbocycles. The van der Waals surface area contributed by atoms with Crippen LogP contribution < -0.4 is 15.5 Å². The number of halogens is 3. The highest BCUT2D eigenvalue weighted by Gasteiger charge is 2.27. The number of nitrogens with zero attached hydrogens (tertiary/aromatic N) is 3. The topological polar surface area (TPSA) is 69.2 Å². The molecule has 2 heterocycles. The van der Waals surface area contributed by atoms with Crippen molar-refractivity contribution < 1.29 is 18.3 Å². The highest BCUT2D eigenvalue weighted by Crippen LogP contribution is 2.26. The van der Waals surface area contributed by atoms with Crippen LogP contribution in [-0.4, -0.2) is 75.8 Å². The highest BCUT2D eigenvalue weighted by atomic mass is 127. The molecule has 0 spiro atoms. The van der Waals surface area contributed by atoms with E-state index in [0.29, 0.717) is 32.0 Å². The van der Waals surface area contributed by atoms with Crippen molar-refractivity contribution in [3.05, 3.63) is 29.8 Å². The van der Waals surface area contributed by atoms with Gasteiger partial charge in [-0.25, -0.2) is 13.8 Å². The van der Waals surface area contributed by atoms with Gasteiger partial charge in [0.15, 0.2) is 5.96 Å². The van der Waals surface area contributed by atoms with Crippen molar-refractivity contribution in [3.8, 4) is 0 Å². The van der Waals surface area contributed by atoms with Crippen molar-refractivity contribution in [1.82, 2.24) is 15.5 Å². The van der Waals surface area contributed by atoms with E-state index in [2.05, 4.69) is 15.6 Å². The maximum absolute atomic E-state index is 14.1. The maximum Gasteiger partial charge on any atom is 0.243 e. The first-order chi connectivity index (χ1) is 14.4. The molecule has 7 nitrogen and oxygen atoms in total. The van der Waals surface area contributed by atoms with E-state index in [-0.39, 0.29) is 54.3 Å². The number of guanidine groups is 1. The molecule has 2 aliphatic heterocycles. The minimum atomic E-state index is -0.561. The Morgan fingerprint density at radius 2 is 2.00 bits per heavy atom. The van der Waals surface area contributed by atoms with E-state index in [1.165, 1.54) is 23.1 Å². The Kier molecular flexibility index (Phi) is 10.2. The lowest BCUT2D eigenvalue weighted by Gasteiger charge is -2.25. The summed E-state index contributed by atoms with van der Waals surface area (Å²) in [5, 5.41) is 6.58. The van der Waals surface area contributed by atoms with Gasteiger partial charge in [0.25, 0.3) is 0 Å². The van der Waals surface area contributed by atoms with Crippen molar-refractivity contribution in [2.75, 3.05) is 51.8 Å². The van der Waals surface area contributed by atoms with E-state index < -0.39 is 11.6 Å². The van der Waals surface area contributed by atoms with Crippen molar-refractivity contribution >= 4 is 41.5 Å². The number of para-hydroxylation sites is 1. The predicted molar refractivity (Wildman–Crippen MR) is 128 cm³/mol. The molecule has 2 N–H and O–H groups in total. The van der Waals surface area contributed by atoms with Crippen LogP contribution in [0.1, 0.15) is 25.7 Å². The molecule has 31 heavy (non-hydrogen) atoms. The fourth-order valence-corrected chi connectivity index (χ4v) is 3.69. The number of anilines is 1. The molecule has 2 fully saturated rings. The lowest BCUT2D eigenvalue weighted by Crippen LogP contribution is -2.47. The summed E-state index contributed by atoms with van der Waals surface area (Å²) >= 11 is 0. The first-order valence-corrected chi connectivity index (χ1v) is 10.5. The molecule has 1 amide bonds. The maximum atomic E-state index is 14.1. The molecule has 1 aromatic rings. The zero-order valence-electron chi connectivity index (χ0n) is 18.1. The van der Waals surface area contributed by atoms with Gasteiger partial charge in [-0.15, -0.1) is 24.0 Å². The number of hydrogen-bond donors (Lipinski definition) is 2. The molecular formula is C21H32F2IN5O2. The van der Waals surface area contributed by atoms with Crippen LogP contribution in [0.3, 0.4) is 0 Å². The van der Waals surface area contributed by atoms with Gasteiger partial charge in [-0.1, -0.05) is 6.07 Å². The second kappa shape index (κ2) is 12.4. The number of likely N-dealkylation sites (N-methyl/N-ethyl adjacent to an activating group) is 1. The summed E-state index contributed by atoms with van der Waals surface area (Å²) in [5.41, 5.74) is 0.00615. The standard InChI is InChI=1S/C21H31F2N5O2.HI/c1-27(2)19(29)13-25-21(24-12-16-6-3-4-11-30-16)26-15-9-10-28(14-15)20-17(22)7-5-8-18(20)23;/h5,7-8,15-16H,3-4,6,9-14H2,1-2H3,(H2,24,25,26);1H. The lowest BCUT2D eigenvalue weighted by molar-refractivity contribution is -0.127. The molecule has 2 aliphatic rings. The van der Waals surface area contributed by atoms with Crippen molar-refractivity contribution in [3.63, 3.8) is 0 Å². The number of nitrogens with one attached hydrogen (secondary N) is 2.